The Morgan fingerprint density at radius 3 is 2.78 bits per heavy atom. The van der Waals surface area contributed by atoms with Gasteiger partial charge in [0.05, 0.1) is 16.0 Å². The third-order valence-electron chi connectivity index (χ3n) is 3.58. The van der Waals surface area contributed by atoms with E-state index >= 15 is 0 Å². The molecule has 0 bridgehead atoms. The topological polar surface area (TPSA) is 42.0 Å². The maximum atomic E-state index is 12.0. The molecule has 1 N–H and O–H groups in total. The summed E-state index contributed by atoms with van der Waals surface area (Å²) in [6.07, 6.45) is 0.865. The molecule has 0 unspecified atom stereocenters. The first-order valence-corrected chi connectivity index (χ1v) is 9.32. The molecule has 0 saturated heterocycles. The fourth-order valence-electron chi connectivity index (χ4n) is 2.32. The number of carbonyl (C=O) groups is 1. The molecule has 5 heteroatoms. The number of rotatable bonds is 6. The predicted molar refractivity (Wildman–Crippen MR) is 98.2 cm³/mol. The van der Waals surface area contributed by atoms with Crippen LogP contribution in [-0.2, 0) is 11.2 Å². The van der Waals surface area contributed by atoms with Crippen LogP contribution in [0.1, 0.15) is 11.1 Å². The van der Waals surface area contributed by atoms with Gasteiger partial charge in [0.1, 0.15) is 0 Å². The molecule has 2 aromatic carbocycles. The monoisotopic (exact) mass is 342 g/mol. The summed E-state index contributed by atoms with van der Waals surface area (Å²) in [6.45, 7) is 2.77. The van der Waals surface area contributed by atoms with E-state index in [2.05, 4.69) is 35.4 Å². The summed E-state index contributed by atoms with van der Waals surface area (Å²) in [5.74, 6) is 0.468. The molecule has 0 radical (unpaired) electrons. The van der Waals surface area contributed by atoms with Gasteiger partial charge in [-0.05, 0) is 36.6 Å². The Kier molecular flexibility index (Phi) is 5.31. The molecule has 3 nitrogen and oxygen atoms in total. The lowest BCUT2D eigenvalue weighted by Crippen LogP contribution is -2.27. The van der Waals surface area contributed by atoms with Crippen LogP contribution >= 0.6 is 23.1 Å². The van der Waals surface area contributed by atoms with Crippen molar-refractivity contribution < 1.29 is 4.79 Å². The summed E-state index contributed by atoms with van der Waals surface area (Å²) in [6, 6.07) is 16.3. The summed E-state index contributed by atoms with van der Waals surface area (Å²) >= 11 is 3.13. The highest BCUT2D eigenvalue weighted by Crippen LogP contribution is 2.28. The normalized spacial score (nSPS) is 10.8. The average molecular weight is 342 g/mol. The number of thiazole rings is 1. The second-order valence-corrected chi connectivity index (χ2v) is 7.52. The van der Waals surface area contributed by atoms with E-state index in [1.165, 1.54) is 22.9 Å². The minimum Gasteiger partial charge on any atom is -0.355 e. The number of hydrogen-bond acceptors (Lipinski definition) is 4. The van der Waals surface area contributed by atoms with E-state index in [9.17, 15) is 4.79 Å². The van der Waals surface area contributed by atoms with E-state index in [-0.39, 0.29) is 5.91 Å². The number of para-hydroxylation sites is 1. The predicted octanol–water partition coefficient (Wildman–Crippen LogP) is 4.06. The van der Waals surface area contributed by atoms with E-state index in [1.807, 2.05) is 30.3 Å². The number of hydrogen-bond donors (Lipinski definition) is 1. The summed E-state index contributed by atoms with van der Waals surface area (Å²) in [4.78, 5) is 16.5. The average Bonchev–Trinajstić information content (AvgIpc) is 2.98. The number of fused-ring (bicyclic) bond motifs is 1. The van der Waals surface area contributed by atoms with Gasteiger partial charge in [-0.1, -0.05) is 48.2 Å². The van der Waals surface area contributed by atoms with Crippen LogP contribution in [0.15, 0.2) is 52.9 Å². The van der Waals surface area contributed by atoms with Crippen molar-refractivity contribution in [2.75, 3.05) is 12.3 Å². The van der Waals surface area contributed by atoms with E-state index in [0.717, 1.165) is 21.0 Å². The largest absolute Gasteiger partial charge is 0.355 e. The van der Waals surface area contributed by atoms with Crippen molar-refractivity contribution in [2.24, 2.45) is 0 Å². The summed E-state index contributed by atoms with van der Waals surface area (Å²) in [7, 11) is 0. The van der Waals surface area contributed by atoms with Gasteiger partial charge >= 0.3 is 0 Å². The molecule has 0 aliphatic rings. The molecule has 1 aromatic heterocycles. The SMILES string of the molecule is Cc1ccccc1CCNC(=O)CSc1nc2ccccc2s1. The second kappa shape index (κ2) is 7.62. The Balaban J connectivity index is 1.45. The maximum Gasteiger partial charge on any atom is 0.230 e. The Morgan fingerprint density at radius 2 is 1.96 bits per heavy atom. The van der Waals surface area contributed by atoms with Crippen molar-refractivity contribution in [3.63, 3.8) is 0 Å². The Morgan fingerprint density at radius 1 is 1.17 bits per heavy atom. The van der Waals surface area contributed by atoms with Gasteiger partial charge in [-0.25, -0.2) is 4.98 Å². The summed E-state index contributed by atoms with van der Waals surface area (Å²) in [5, 5.41) is 2.98. The highest BCUT2D eigenvalue weighted by molar-refractivity contribution is 8.01. The third kappa shape index (κ3) is 4.33. The molecule has 0 atom stereocenters. The number of amides is 1. The molecule has 0 fully saturated rings. The fraction of sp³-hybridized carbons (Fsp3) is 0.222. The second-order valence-electron chi connectivity index (χ2n) is 5.26. The fourth-order valence-corrected chi connectivity index (χ4v) is 4.22. The van der Waals surface area contributed by atoms with Crippen LogP contribution in [0.2, 0.25) is 0 Å². The van der Waals surface area contributed by atoms with Crippen molar-refractivity contribution in [1.82, 2.24) is 10.3 Å². The zero-order chi connectivity index (χ0) is 16.1. The quantitative estimate of drug-likeness (QED) is 0.687. The van der Waals surface area contributed by atoms with Crippen LogP contribution in [0.4, 0.5) is 0 Å². The van der Waals surface area contributed by atoms with Crippen LogP contribution < -0.4 is 5.32 Å². The Hall–Kier alpha value is -1.85. The molecule has 3 aromatic rings. The number of aryl methyl sites for hydroxylation is 1. The molecule has 0 spiro atoms. The lowest BCUT2D eigenvalue weighted by molar-refractivity contribution is -0.118. The molecule has 3 rings (SSSR count). The van der Waals surface area contributed by atoms with Crippen molar-refractivity contribution in [1.29, 1.82) is 0 Å². The highest BCUT2D eigenvalue weighted by Gasteiger charge is 2.07. The van der Waals surface area contributed by atoms with Crippen LogP contribution in [0, 0.1) is 6.92 Å². The number of thioether (sulfide) groups is 1. The number of aromatic nitrogens is 1. The van der Waals surface area contributed by atoms with E-state index in [1.54, 1.807) is 11.3 Å². The Bertz CT molecular complexity index is 780. The summed E-state index contributed by atoms with van der Waals surface area (Å²) < 4.78 is 2.11. The zero-order valence-electron chi connectivity index (χ0n) is 12.9. The van der Waals surface area contributed by atoms with Gasteiger partial charge in [-0.3, -0.25) is 4.79 Å². The van der Waals surface area contributed by atoms with Gasteiger partial charge in [-0.15, -0.1) is 11.3 Å². The number of benzene rings is 2. The van der Waals surface area contributed by atoms with Crippen LogP contribution in [0.25, 0.3) is 10.2 Å². The van der Waals surface area contributed by atoms with Crippen molar-refractivity contribution in [2.45, 2.75) is 17.7 Å². The molecular weight excluding hydrogens is 324 g/mol. The molecule has 23 heavy (non-hydrogen) atoms. The van der Waals surface area contributed by atoms with Crippen molar-refractivity contribution in [3.8, 4) is 0 Å². The molecule has 118 valence electrons. The van der Waals surface area contributed by atoms with Crippen molar-refractivity contribution >= 4 is 39.2 Å². The zero-order valence-corrected chi connectivity index (χ0v) is 14.5. The molecule has 1 amide bonds. The molecule has 0 aliphatic heterocycles. The van der Waals surface area contributed by atoms with E-state index in [0.29, 0.717) is 12.3 Å². The number of nitrogens with one attached hydrogen (secondary N) is 1. The van der Waals surface area contributed by atoms with Gasteiger partial charge in [0, 0.05) is 6.54 Å². The Labute approximate surface area is 144 Å². The minimum absolute atomic E-state index is 0.0582. The lowest BCUT2D eigenvalue weighted by atomic mass is 10.1. The first kappa shape index (κ1) is 16.0. The third-order valence-corrected chi connectivity index (χ3v) is 5.76. The van der Waals surface area contributed by atoms with Crippen LogP contribution in [0.3, 0.4) is 0 Å². The van der Waals surface area contributed by atoms with Gasteiger partial charge in [0.15, 0.2) is 4.34 Å². The lowest BCUT2D eigenvalue weighted by Gasteiger charge is -2.06. The summed E-state index contributed by atoms with van der Waals surface area (Å²) in [5.41, 5.74) is 3.55. The molecule has 1 heterocycles. The highest BCUT2D eigenvalue weighted by atomic mass is 32.2. The smallest absolute Gasteiger partial charge is 0.230 e. The van der Waals surface area contributed by atoms with Crippen molar-refractivity contribution in [3.05, 3.63) is 59.7 Å². The maximum absolute atomic E-state index is 12.0. The standard InChI is InChI=1S/C18H18N2OS2/c1-13-6-2-3-7-14(13)10-11-19-17(21)12-22-18-20-15-8-4-5-9-16(15)23-18/h2-9H,10-12H2,1H3,(H,19,21). The van der Waals surface area contributed by atoms with Gasteiger partial charge in [-0.2, -0.15) is 0 Å². The van der Waals surface area contributed by atoms with Gasteiger partial charge in [0.2, 0.25) is 5.91 Å². The molecule has 0 aliphatic carbocycles. The van der Waals surface area contributed by atoms with Crippen LogP contribution in [0.5, 0.6) is 0 Å². The number of nitrogens with zero attached hydrogens (tertiary/aromatic N) is 1. The first-order chi connectivity index (χ1) is 11.2. The van der Waals surface area contributed by atoms with Crippen LogP contribution in [-0.4, -0.2) is 23.2 Å². The first-order valence-electron chi connectivity index (χ1n) is 7.52. The molecular formula is C18H18N2OS2. The van der Waals surface area contributed by atoms with Gasteiger partial charge < -0.3 is 5.32 Å². The molecule has 0 saturated carbocycles. The van der Waals surface area contributed by atoms with E-state index in [4.69, 9.17) is 0 Å². The van der Waals surface area contributed by atoms with E-state index < -0.39 is 0 Å². The van der Waals surface area contributed by atoms with Gasteiger partial charge in [0.25, 0.3) is 0 Å². The minimum atomic E-state index is 0.0582. The number of carbonyl (C=O) groups excluding carboxylic acids is 1.